The number of carboxylic acids is 1. The predicted molar refractivity (Wildman–Crippen MR) is 183 cm³/mol. The van der Waals surface area contributed by atoms with Gasteiger partial charge in [-0.2, -0.15) is 35.3 Å². The molecule has 33 heteroatoms. The molecular formula is C27H18ClK4N9O15S4. The maximum Gasteiger partial charge on any atom is 1.00 e. The standard InChI is InChI=1S/C27H22ClN9O15S4.4K/c28-25-31-26(29-14-1-6-17(7-2-14)53(41,42)12-11-52-56(49,50)51)33-27(32-25)30-15-3-10-20(55(46,47)48)19(13-15)34-35-21-22(24(39)40)36-37(23(21)38)16-4-8-18(9-5-16)54(43,44)45;;;;/h1-10,13,21H,11-12H2,(H,39,40)(H,43,44,45)(H,46,47,48)(H,49,50,51)(H2,29,30,31,32,33);;;;/q;4*+1/p-4. The van der Waals surface area contributed by atoms with Crippen molar-refractivity contribution in [3.63, 3.8) is 0 Å². The molecule has 4 aromatic rings. The zero-order valence-electron chi connectivity index (χ0n) is 31.1. The minimum absolute atomic E-state index is 0. The van der Waals surface area contributed by atoms with Crippen molar-refractivity contribution in [3.8, 4) is 0 Å². The number of sulfone groups is 1. The van der Waals surface area contributed by atoms with E-state index in [0.717, 1.165) is 54.6 Å². The molecule has 2 heterocycles. The van der Waals surface area contributed by atoms with Crippen molar-refractivity contribution >= 4 is 104 Å². The number of azo groups is 1. The van der Waals surface area contributed by atoms with E-state index in [2.05, 4.69) is 45.1 Å². The number of rotatable bonds is 15. The number of hydrogen-bond donors (Lipinski definition) is 2. The summed E-state index contributed by atoms with van der Waals surface area (Å²) >= 11 is 6.03. The van der Waals surface area contributed by atoms with Crippen LogP contribution in [0.25, 0.3) is 0 Å². The summed E-state index contributed by atoms with van der Waals surface area (Å²) < 4.78 is 130. The Kier molecular flexibility index (Phi) is 24.2. The second kappa shape index (κ2) is 24.6. The fourth-order valence-electron chi connectivity index (χ4n) is 4.47. The molecule has 5 rings (SSSR count). The van der Waals surface area contributed by atoms with Crippen molar-refractivity contribution in [2.75, 3.05) is 28.0 Å². The number of nitrogens with one attached hydrogen (secondary N) is 2. The summed E-state index contributed by atoms with van der Waals surface area (Å²) in [6, 6.07) is 9.23. The summed E-state index contributed by atoms with van der Waals surface area (Å²) in [6.45, 7) is -0.899. The number of aliphatic carboxylic acids is 1. The van der Waals surface area contributed by atoms with Crippen LogP contribution in [0, 0.1) is 0 Å². The first kappa shape index (κ1) is 59.0. The summed E-state index contributed by atoms with van der Waals surface area (Å²) in [5, 5.41) is 28.2. The summed E-state index contributed by atoms with van der Waals surface area (Å²) in [4.78, 5) is 34.9. The Bertz CT molecular complexity index is 2760. The number of nitrogens with zero attached hydrogens (tertiary/aromatic N) is 7. The van der Waals surface area contributed by atoms with E-state index in [-0.39, 0.29) is 245 Å². The monoisotopic (exact) mass is 1030 g/mol. The van der Waals surface area contributed by atoms with Crippen LogP contribution in [0.4, 0.5) is 34.6 Å². The number of hydrogen-bond acceptors (Lipinski definition) is 23. The number of carboxylic acid groups (broad SMARTS) is 1. The van der Waals surface area contributed by atoms with Gasteiger partial charge in [-0.1, -0.05) is 0 Å². The quantitative estimate of drug-likeness (QED) is 0.0483. The van der Waals surface area contributed by atoms with Gasteiger partial charge in [-0.25, -0.2) is 33.7 Å². The fraction of sp³-hybridized carbons (Fsp3) is 0.111. The largest absolute Gasteiger partial charge is 1.00 e. The molecule has 24 nitrogen and oxygen atoms in total. The van der Waals surface area contributed by atoms with Crippen LogP contribution >= 0.6 is 11.6 Å². The number of carbonyl (C=O) groups is 2. The topological polar surface area (TPSA) is 375 Å². The number of anilines is 5. The second-order valence-electron chi connectivity index (χ2n) is 10.7. The van der Waals surface area contributed by atoms with Gasteiger partial charge >= 0.3 is 206 Å². The normalized spacial score (nSPS) is 14.2. The van der Waals surface area contributed by atoms with Gasteiger partial charge in [0.25, 0.3) is 5.91 Å². The van der Waals surface area contributed by atoms with E-state index in [0.29, 0.717) is 5.01 Å². The summed E-state index contributed by atoms with van der Waals surface area (Å²) in [5.74, 6) is -4.48. The first-order chi connectivity index (χ1) is 26.0. The predicted octanol–water partition coefficient (Wildman–Crippen LogP) is -12.3. The van der Waals surface area contributed by atoms with Crippen LogP contribution < -0.4 is 226 Å². The van der Waals surface area contributed by atoms with Gasteiger partial charge in [0, 0.05) is 11.4 Å². The van der Waals surface area contributed by atoms with Gasteiger partial charge in [0.2, 0.25) is 27.6 Å². The molecule has 2 N–H and O–H groups in total. The third kappa shape index (κ3) is 16.7. The Morgan fingerprint density at radius 2 is 1.30 bits per heavy atom. The molecule has 0 saturated heterocycles. The zero-order valence-corrected chi connectivity index (χ0v) is 47.6. The molecule has 1 unspecified atom stereocenters. The van der Waals surface area contributed by atoms with Crippen LogP contribution in [-0.4, -0.2) is 98.3 Å². The summed E-state index contributed by atoms with van der Waals surface area (Å²) in [6.07, 6.45) is 0. The van der Waals surface area contributed by atoms with Gasteiger partial charge in [0.05, 0.1) is 38.7 Å². The third-order valence-corrected chi connectivity index (χ3v) is 11.0. The van der Waals surface area contributed by atoms with Gasteiger partial charge in [-0.15, -0.1) is 0 Å². The molecule has 1 amide bonds. The number of aromatic nitrogens is 3. The van der Waals surface area contributed by atoms with Crippen molar-refractivity contribution in [2.45, 2.75) is 20.7 Å². The van der Waals surface area contributed by atoms with E-state index in [1.54, 1.807) is 0 Å². The second-order valence-corrected chi connectivity index (χ2v) is 16.9. The van der Waals surface area contributed by atoms with Crippen LogP contribution in [0.3, 0.4) is 0 Å². The Morgan fingerprint density at radius 1 is 0.767 bits per heavy atom. The molecule has 60 heavy (non-hydrogen) atoms. The van der Waals surface area contributed by atoms with Crippen LogP contribution in [0.1, 0.15) is 0 Å². The van der Waals surface area contributed by atoms with Crippen LogP contribution in [0.15, 0.2) is 96.7 Å². The van der Waals surface area contributed by atoms with E-state index in [4.69, 9.17) is 11.6 Å². The van der Waals surface area contributed by atoms with Crippen LogP contribution in [0.2, 0.25) is 5.28 Å². The molecule has 3 aromatic carbocycles. The van der Waals surface area contributed by atoms with E-state index in [1.807, 2.05) is 0 Å². The molecule has 0 aliphatic carbocycles. The maximum absolute atomic E-state index is 13.1. The molecule has 1 atom stereocenters. The molecule has 296 valence electrons. The summed E-state index contributed by atoms with van der Waals surface area (Å²) in [5.41, 5.74) is -1.74. The maximum atomic E-state index is 13.1. The first-order valence-corrected chi connectivity index (χ1v) is 20.8. The molecule has 0 fully saturated rings. The Labute approximate surface area is 516 Å². The fourth-order valence-corrected chi connectivity index (χ4v) is 7.18. The average molecular weight is 1030 g/mol. The van der Waals surface area contributed by atoms with Gasteiger partial charge < -0.3 is 34.2 Å². The van der Waals surface area contributed by atoms with Crippen molar-refractivity contribution < 1.29 is 272 Å². The Hall–Kier alpha value is 0.955. The smallest absolute Gasteiger partial charge is 0.744 e. The van der Waals surface area contributed by atoms with Gasteiger partial charge in [-0.3, -0.25) is 8.98 Å². The van der Waals surface area contributed by atoms with Crippen LogP contribution in [0.5, 0.6) is 0 Å². The SMILES string of the molecule is O=C([O-])C1=NN(c2ccc(S(=O)(=O)[O-])cc2)C(=O)C1N=Nc1cc(Nc2nc(Cl)nc(Nc3ccc(S(=O)(=O)CCOS(=O)(=O)[O-])cc3)n2)ccc1S(=O)(=O)[O-].[K+].[K+].[K+].[K+]. The minimum atomic E-state index is -5.27. The summed E-state index contributed by atoms with van der Waals surface area (Å²) in [7, 11) is -19.3. The van der Waals surface area contributed by atoms with E-state index < -0.39 is 91.9 Å². The molecule has 1 aliphatic heterocycles. The van der Waals surface area contributed by atoms with E-state index in [1.165, 1.54) is 12.1 Å². The third-order valence-electron chi connectivity index (χ3n) is 6.91. The number of hydrazone groups is 1. The van der Waals surface area contributed by atoms with Gasteiger partial charge in [0.15, 0.2) is 15.9 Å². The minimum Gasteiger partial charge on any atom is -0.744 e. The van der Waals surface area contributed by atoms with Crippen molar-refractivity contribution in [1.82, 2.24) is 15.0 Å². The molecule has 0 saturated carbocycles. The molecule has 1 aliphatic rings. The number of benzene rings is 3. The zero-order chi connectivity index (χ0) is 41.2. The van der Waals surface area contributed by atoms with Gasteiger partial charge in [0.1, 0.15) is 31.6 Å². The van der Waals surface area contributed by atoms with E-state index >= 15 is 0 Å². The molecule has 0 bridgehead atoms. The molecule has 0 radical (unpaired) electrons. The molecule has 1 aromatic heterocycles. The number of amides is 1. The number of halogens is 1. The molecular weight excluding hydrogens is 1010 g/mol. The average Bonchev–Trinajstić information content (AvgIpc) is 3.42. The van der Waals surface area contributed by atoms with Crippen molar-refractivity contribution in [3.05, 3.63) is 72.0 Å². The van der Waals surface area contributed by atoms with Crippen molar-refractivity contribution in [2.24, 2.45) is 15.3 Å². The first-order valence-electron chi connectivity index (χ1n) is 14.6. The Balaban J connectivity index is 0.00000450. The van der Waals surface area contributed by atoms with Gasteiger partial charge in [-0.05, 0) is 78.3 Å². The molecule has 0 spiro atoms. The Morgan fingerprint density at radius 3 is 1.82 bits per heavy atom. The van der Waals surface area contributed by atoms with E-state index in [9.17, 15) is 62.0 Å². The number of carbonyl (C=O) groups excluding carboxylic acids is 2. The van der Waals surface area contributed by atoms with Crippen molar-refractivity contribution in [1.29, 1.82) is 0 Å². The van der Waals surface area contributed by atoms with Crippen LogP contribution in [-0.2, 0) is 54.2 Å².